The predicted octanol–water partition coefficient (Wildman–Crippen LogP) is 6.37. The lowest BCUT2D eigenvalue weighted by Gasteiger charge is -2.60. The number of ether oxygens (including phenoxy) is 3. The van der Waals surface area contributed by atoms with Crippen molar-refractivity contribution in [3.63, 3.8) is 0 Å². The van der Waals surface area contributed by atoms with Crippen LogP contribution in [0.5, 0.6) is 17.2 Å². The van der Waals surface area contributed by atoms with Crippen LogP contribution in [0.25, 0.3) is 27.7 Å². The van der Waals surface area contributed by atoms with Gasteiger partial charge in [0.05, 0.1) is 10.9 Å². The quantitative estimate of drug-likeness (QED) is 0.0302. The molecule has 0 unspecified atom stereocenters. The number of rotatable bonds is 15. The molecule has 2 fully saturated rings. The maximum absolute atomic E-state index is 14.0. The fourth-order valence-corrected chi connectivity index (χ4v) is 13.5. The Kier molecular flexibility index (Phi) is 16.2. The molecular weight excluding hydrogens is 1070 g/mol. The maximum atomic E-state index is 14.0. The van der Waals surface area contributed by atoms with E-state index >= 15 is 0 Å². The van der Waals surface area contributed by atoms with E-state index in [4.69, 9.17) is 24.4 Å². The average Bonchev–Trinajstić information content (AvgIpc) is 3.92. The van der Waals surface area contributed by atoms with Gasteiger partial charge >= 0.3 is 5.97 Å². The number of aromatic hydroxyl groups is 2. The number of aliphatic hydroxyl groups excluding tert-OH is 3. The Hall–Kier alpha value is -7.18. The second-order valence-corrected chi connectivity index (χ2v) is 22.9. The number of carboxylic acids is 1. The number of phenols is 2. The summed E-state index contributed by atoms with van der Waals surface area (Å²) in [5, 5.41) is 87.0. The summed E-state index contributed by atoms with van der Waals surface area (Å²) in [7, 11) is 2.50. The molecule has 2 aliphatic carbocycles. The van der Waals surface area contributed by atoms with Crippen LogP contribution in [-0.4, -0.2) is 125 Å². The Morgan fingerprint density at radius 2 is 1.71 bits per heavy atom. The molecule has 4 aliphatic rings. The molecule has 4 heterocycles. The zero-order valence-electron chi connectivity index (χ0n) is 43.2. The highest BCUT2D eigenvalue weighted by Gasteiger charge is 2.81. The van der Waals surface area contributed by atoms with Gasteiger partial charge in [-0.3, -0.25) is 19.7 Å². The average molecular weight is 1130 g/mol. The van der Waals surface area contributed by atoms with Crippen molar-refractivity contribution < 1.29 is 68.8 Å². The third-order valence-corrected chi connectivity index (χ3v) is 17.9. The Morgan fingerprint density at radius 1 is 0.963 bits per heavy atom. The van der Waals surface area contributed by atoms with Crippen LogP contribution in [0.15, 0.2) is 149 Å². The van der Waals surface area contributed by atoms with Crippen LogP contribution in [-0.2, 0) is 25.5 Å². The minimum atomic E-state index is -3.29. The number of H-pyrrole nitrogens is 1. The highest BCUT2D eigenvalue weighted by Crippen LogP contribution is 2.54. The number of aliphatic hydroxyl groups is 4. The number of phenolic OH excluding ortho intramolecular Hbond substituents is 2. The molecule has 0 saturated carbocycles. The minimum absolute atomic E-state index is 0.0457. The fraction of sp³-hybridized carbons (Fsp3) is 0.322. The molecule has 1 amide bonds. The molecule has 2 saturated heterocycles. The summed E-state index contributed by atoms with van der Waals surface area (Å²) in [4.78, 5) is 57.2. The summed E-state index contributed by atoms with van der Waals surface area (Å²) in [6.07, 6.45) is 5.52. The molecule has 2 aromatic heterocycles. The summed E-state index contributed by atoms with van der Waals surface area (Å²) in [6, 6.07) is 26.5. The third-order valence-electron chi connectivity index (χ3n) is 15.8. The number of hydrogen-bond donors (Lipinski definition) is 11. The van der Waals surface area contributed by atoms with E-state index in [1.54, 1.807) is 12.1 Å². The van der Waals surface area contributed by atoms with Gasteiger partial charge in [-0.25, -0.2) is 4.79 Å². The van der Waals surface area contributed by atoms with Gasteiger partial charge in [-0.05, 0) is 126 Å². The minimum Gasteiger partial charge on any atom is -0.509 e. The predicted molar refractivity (Wildman–Crippen MR) is 300 cm³/mol. The number of amides is 1. The van der Waals surface area contributed by atoms with Crippen molar-refractivity contribution in [2.45, 2.75) is 73.4 Å². The van der Waals surface area contributed by atoms with Crippen LogP contribution in [0.2, 0.25) is 0 Å². The van der Waals surface area contributed by atoms with Crippen LogP contribution < -0.4 is 26.5 Å². The third kappa shape index (κ3) is 10.2. The molecule has 4 aromatic carbocycles. The Labute approximate surface area is 466 Å². The first-order chi connectivity index (χ1) is 38.5. The van der Waals surface area contributed by atoms with Gasteiger partial charge in [-0.2, -0.15) is 0 Å². The summed E-state index contributed by atoms with van der Waals surface area (Å²) >= 11 is 0. The van der Waals surface area contributed by atoms with Gasteiger partial charge in [0.25, 0.3) is 11.5 Å². The fourth-order valence-electron chi connectivity index (χ4n) is 11.4. The van der Waals surface area contributed by atoms with Gasteiger partial charge in [0.2, 0.25) is 28.9 Å². The van der Waals surface area contributed by atoms with Crippen molar-refractivity contribution in [2.75, 3.05) is 31.3 Å². The highest BCUT2D eigenvalue weighted by molar-refractivity contribution is 8.76. The van der Waals surface area contributed by atoms with E-state index in [1.165, 1.54) is 52.8 Å². The van der Waals surface area contributed by atoms with Gasteiger partial charge in [0.15, 0.2) is 5.60 Å². The number of fused-ring (bicyclic) bond motifs is 3. The molecule has 2 aliphatic heterocycles. The zero-order valence-corrected chi connectivity index (χ0v) is 44.8. The van der Waals surface area contributed by atoms with Crippen molar-refractivity contribution >= 4 is 55.8 Å². The number of primary amides is 1. The zero-order chi connectivity index (χ0) is 56.5. The summed E-state index contributed by atoms with van der Waals surface area (Å²) < 4.78 is 24.3. The van der Waals surface area contributed by atoms with E-state index in [0.29, 0.717) is 18.2 Å². The van der Waals surface area contributed by atoms with Crippen LogP contribution in [0, 0.1) is 11.8 Å². The van der Waals surface area contributed by atoms with Gasteiger partial charge in [0.1, 0.15) is 46.9 Å². The number of benzene rings is 4. The maximum Gasteiger partial charge on any atom is 0.347 e. The van der Waals surface area contributed by atoms with Gasteiger partial charge in [-0.1, -0.05) is 95.3 Å². The van der Waals surface area contributed by atoms with E-state index in [1.807, 2.05) is 42.7 Å². The molecule has 0 radical (unpaired) electrons. The van der Waals surface area contributed by atoms with Crippen molar-refractivity contribution in [2.24, 2.45) is 17.6 Å². The van der Waals surface area contributed by atoms with Crippen LogP contribution in [0.3, 0.4) is 0 Å². The number of ketones is 1. The van der Waals surface area contributed by atoms with Crippen molar-refractivity contribution in [1.82, 2.24) is 15.6 Å². The molecular formula is C59H60N4O15S2. The molecule has 21 heteroatoms. The molecule has 10 rings (SSSR count). The van der Waals surface area contributed by atoms with Gasteiger partial charge in [-0.15, -0.1) is 0 Å². The molecule has 6 aromatic rings. The summed E-state index contributed by atoms with van der Waals surface area (Å²) in [5.41, 5.74) is 0.602. The first-order valence-electron chi connectivity index (χ1n) is 26.0. The van der Waals surface area contributed by atoms with Crippen LogP contribution in [0.4, 0.5) is 0 Å². The lowest BCUT2D eigenvalue weighted by molar-refractivity contribution is -0.390. The monoisotopic (exact) mass is 1130 g/mol. The van der Waals surface area contributed by atoms with E-state index in [2.05, 4.69) is 52.9 Å². The van der Waals surface area contributed by atoms with E-state index in [9.17, 15) is 54.9 Å². The number of aromatic amines is 1. The smallest absolute Gasteiger partial charge is 0.347 e. The molecule has 80 heavy (non-hydrogen) atoms. The molecule has 10 atom stereocenters. The van der Waals surface area contributed by atoms with E-state index < -0.39 is 76.0 Å². The normalized spacial score (nSPS) is 27.7. The van der Waals surface area contributed by atoms with Crippen molar-refractivity contribution in [3.8, 4) is 28.4 Å². The first-order valence-corrected chi connectivity index (χ1v) is 28.5. The Morgan fingerprint density at radius 3 is 2.44 bits per heavy atom. The molecule has 19 nitrogen and oxygen atoms in total. The highest BCUT2D eigenvalue weighted by atomic mass is 33.1. The van der Waals surface area contributed by atoms with Crippen LogP contribution in [0.1, 0.15) is 64.4 Å². The van der Waals surface area contributed by atoms with Crippen molar-refractivity contribution in [3.05, 3.63) is 178 Å². The number of carbonyl (C=O) groups is 3. The van der Waals surface area contributed by atoms with Crippen molar-refractivity contribution in [1.29, 1.82) is 0 Å². The molecule has 1 spiro atoms. The number of carbonyl (C=O) groups excluding carboxylic acids is 2. The van der Waals surface area contributed by atoms with E-state index in [-0.39, 0.29) is 69.6 Å². The number of nitrogens with two attached hydrogens (primary N) is 1. The number of hydrogen-bond acceptors (Lipinski definition) is 18. The molecule has 2 bridgehead atoms. The summed E-state index contributed by atoms with van der Waals surface area (Å²) in [6.45, 7) is 3.64. The SMILES string of the molecule is C[C@H](C/C=C1\C=C[C@@H](CCNCCc2ccc(O)cc2)c2ccccc21)[C@@H]1CN[C@@H](O)[C@]2(O)[C@H](Oc3ccc4c(=O)c(-c5ccc(O)cc5)c(C(N)=O)oc4c3)O[C@]3(C(=O)O)C(=O)C=C(O)[C@@]2(OCSSC[C@@H]1c1cc[nH]c1)[C@@H]3O. The lowest BCUT2D eigenvalue weighted by atomic mass is 9.62. The number of nitrogens with one attached hydrogen (secondary N) is 3. The second-order valence-electron chi connectivity index (χ2n) is 20.4. The number of aliphatic carboxylic acids is 1. The number of aromatic nitrogens is 1. The second kappa shape index (κ2) is 23.1. The number of allylic oxidation sites excluding steroid dienone is 4. The molecule has 418 valence electrons. The number of carboxylic acid groups (broad SMARTS) is 1. The lowest BCUT2D eigenvalue weighted by Crippen LogP contribution is -2.87. The van der Waals surface area contributed by atoms with E-state index in [0.717, 1.165) is 65.1 Å². The Bertz CT molecular complexity index is 3440. The standard InChI is InChI=1S/C59H60N4O15S2/c1-32(6-9-34-10-11-35(42-5-3-2-4-41(34)42)21-24-61-23-20-33-7-14-38(64)15-8-33)44-29-63-54(71)58(74)56(76-40-18-19-43-46(26-40)77-51(52(60)69)49(50(43)68)36-12-16-39(65)17-13-36)78-57(55(72)73)47(66)27-48(67)59(58,53(57)70)75-31-80-79-30-45(44)37-22-25-62-28-37/h2-5,7-19,22,25-28,32,35,44-45,53-54,56,61-65,67,70-71,74H,6,20-21,23-24,29-31H2,1H3,(H2,60,69)(H,72,73)/b34-9+/t32-,35+,44+,45-,53-,54+,56-,57-,58+,59-/m1/s1. The first kappa shape index (κ1) is 56.1. The topological polar surface area (TPSA) is 317 Å². The van der Waals surface area contributed by atoms with Crippen LogP contribution >= 0.6 is 21.6 Å². The van der Waals surface area contributed by atoms with Gasteiger partial charge < -0.3 is 70.4 Å². The Balaban J connectivity index is 0.963. The molecule has 12 N–H and O–H groups in total. The summed E-state index contributed by atoms with van der Waals surface area (Å²) in [5.74, 6) is -6.95. The largest absolute Gasteiger partial charge is 0.509 e. The van der Waals surface area contributed by atoms with Gasteiger partial charge in [0, 0.05) is 42.8 Å².